The maximum atomic E-state index is 13.1. The number of hydrogen-bond donors (Lipinski definition) is 1. The lowest BCUT2D eigenvalue weighted by atomic mass is 10.2. The maximum Gasteiger partial charge on any atom is 0.159 e. The average molecular weight is 307 g/mol. The minimum atomic E-state index is -0.798. The zero-order valence-corrected chi connectivity index (χ0v) is 12.9. The third-order valence-electron chi connectivity index (χ3n) is 3.04. The Labute approximate surface area is 128 Å². The third-order valence-corrected chi connectivity index (χ3v) is 4.11. The summed E-state index contributed by atoms with van der Waals surface area (Å²) in [6.07, 6.45) is 1.12. The number of hydrogen-bond acceptors (Lipinski definition) is 2. The molecule has 0 aliphatic heterocycles. The van der Waals surface area contributed by atoms with Gasteiger partial charge in [0, 0.05) is 17.2 Å². The molecule has 0 unspecified atom stereocenters. The minimum absolute atomic E-state index is 0.628. The van der Waals surface area contributed by atoms with Gasteiger partial charge in [-0.15, -0.1) is 11.8 Å². The van der Waals surface area contributed by atoms with Crippen LogP contribution in [0.3, 0.4) is 0 Å². The lowest BCUT2D eigenvalue weighted by Gasteiger charge is -2.07. The Kier molecular flexibility index (Phi) is 6.21. The molecule has 21 heavy (non-hydrogen) atoms. The van der Waals surface area contributed by atoms with E-state index in [0.29, 0.717) is 5.75 Å². The molecule has 0 atom stereocenters. The van der Waals surface area contributed by atoms with Crippen molar-refractivity contribution in [1.82, 2.24) is 5.32 Å². The molecule has 0 aliphatic rings. The van der Waals surface area contributed by atoms with E-state index in [1.54, 1.807) is 17.8 Å². The van der Waals surface area contributed by atoms with Crippen molar-refractivity contribution < 1.29 is 8.78 Å². The summed E-state index contributed by atoms with van der Waals surface area (Å²) in [5.74, 6) is -0.957. The van der Waals surface area contributed by atoms with Gasteiger partial charge in [0.2, 0.25) is 0 Å². The molecule has 1 nitrogen and oxygen atoms in total. The molecule has 0 heterocycles. The minimum Gasteiger partial charge on any atom is -0.313 e. The number of rotatable bonds is 7. The second-order valence-electron chi connectivity index (χ2n) is 4.86. The van der Waals surface area contributed by atoms with Gasteiger partial charge in [0.25, 0.3) is 0 Å². The second-order valence-corrected chi connectivity index (χ2v) is 5.91. The first-order valence-corrected chi connectivity index (χ1v) is 8.04. The molecular weight excluding hydrogens is 288 g/mol. The zero-order valence-electron chi connectivity index (χ0n) is 12.0. The Morgan fingerprint density at radius 1 is 1.00 bits per heavy atom. The average Bonchev–Trinajstić information content (AvgIpc) is 2.49. The van der Waals surface area contributed by atoms with Gasteiger partial charge in [-0.05, 0) is 48.4 Å². The summed E-state index contributed by atoms with van der Waals surface area (Å²) in [5, 5.41) is 3.37. The highest BCUT2D eigenvalue weighted by atomic mass is 32.2. The van der Waals surface area contributed by atoms with E-state index in [1.807, 2.05) is 12.1 Å². The summed E-state index contributed by atoms with van der Waals surface area (Å²) in [6, 6.07) is 12.3. The quantitative estimate of drug-likeness (QED) is 0.585. The molecule has 1 N–H and O–H groups in total. The van der Waals surface area contributed by atoms with Gasteiger partial charge >= 0.3 is 0 Å². The fourth-order valence-corrected chi connectivity index (χ4v) is 2.87. The molecule has 112 valence electrons. The van der Waals surface area contributed by atoms with E-state index in [4.69, 9.17) is 0 Å². The lowest BCUT2D eigenvalue weighted by Crippen LogP contribution is -2.13. The Morgan fingerprint density at radius 3 is 2.62 bits per heavy atom. The third kappa shape index (κ3) is 5.14. The molecule has 4 heteroatoms. The highest BCUT2D eigenvalue weighted by Gasteiger charge is 2.03. The Bertz CT molecular complexity index is 587. The smallest absolute Gasteiger partial charge is 0.159 e. The number of thioether (sulfide) groups is 1. The number of halogens is 2. The summed E-state index contributed by atoms with van der Waals surface area (Å²) < 4.78 is 26.0. The second kappa shape index (κ2) is 8.15. The van der Waals surface area contributed by atoms with Crippen LogP contribution in [-0.4, -0.2) is 6.54 Å². The molecule has 0 fully saturated rings. The summed E-state index contributed by atoms with van der Waals surface area (Å²) >= 11 is 1.62. The Morgan fingerprint density at radius 2 is 1.86 bits per heavy atom. The predicted octanol–water partition coefficient (Wildman–Crippen LogP) is 4.76. The van der Waals surface area contributed by atoms with Crippen LogP contribution in [0, 0.1) is 11.6 Å². The first-order chi connectivity index (χ1) is 10.2. The van der Waals surface area contributed by atoms with Crippen LogP contribution < -0.4 is 5.32 Å². The molecule has 0 saturated carbocycles. The van der Waals surface area contributed by atoms with Crippen molar-refractivity contribution in [2.75, 3.05) is 6.54 Å². The molecule has 0 amide bonds. The van der Waals surface area contributed by atoms with Gasteiger partial charge in [0.05, 0.1) is 0 Å². The van der Waals surface area contributed by atoms with Gasteiger partial charge in [-0.2, -0.15) is 0 Å². The highest BCUT2D eigenvalue weighted by Crippen LogP contribution is 2.24. The monoisotopic (exact) mass is 307 g/mol. The van der Waals surface area contributed by atoms with Crippen LogP contribution >= 0.6 is 11.8 Å². The molecule has 0 aromatic heterocycles. The van der Waals surface area contributed by atoms with Crippen LogP contribution in [0.5, 0.6) is 0 Å². The Hall–Kier alpha value is -1.39. The van der Waals surface area contributed by atoms with Crippen molar-refractivity contribution in [2.24, 2.45) is 0 Å². The number of benzene rings is 2. The van der Waals surface area contributed by atoms with E-state index < -0.39 is 11.6 Å². The summed E-state index contributed by atoms with van der Waals surface area (Å²) in [4.78, 5) is 1.13. The summed E-state index contributed by atoms with van der Waals surface area (Å²) in [7, 11) is 0. The first-order valence-electron chi connectivity index (χ1n) is 7.05. The fourth-order valence-electron chi connectivity index (χ4n) is 1.95. The van der Waals surface area contributed by atoms with Crippen LogP contribution in [-0.2, 0) is 12.3 Å². The molecule has 0 saturated heterocycles. The normalized spacial score (nSPS) is 10.8. The van der Waals surface area contributed by atoms with Gasteiger partial charge in [-0.3, -0.25) is 0 Å². The topological polar surface area (TPSA) is 12.0 Å². The van der Waals surface area contributed by atoms with Crippen molar-refractivity contribution >= 4 is 11.8 Å². The number of nitrogens with one attached hydrogen (secondary N) is 1. The van der Waals surface area contributed by atoms with Gasteiger partial charge < -0.3 is 5.32 Å². The van der Waals surface area contributed by atoms with Gasteiger partial charge in [0.1, 0.15) is 0 Å². The predicted molar refractivity (Wildman–Crippen MR) is 84.4 cm³/mol. The first kappa shape index (κ1) is 16.0. The van der Waals surface area contributed by atoms with Crippen LogP contribution in [0.25, 0.3) is 0 Å². The SMILES string of the molecule is CCCNCc1cccc(SCc2ccc(F)c(F)c2)c1. The molecule has 2 aromatic carbocycles. The largest absolute Gasteiger partial charge is 0.313 e. The summed E-state index contributed by atoms with van der Waals surface area (Å²) in [6.45, 7) is 4.00. The van der Waals surface area contributed by atoms with Crippen molar-refractivity contribution in [3.8, 4) is 0 Å². The standard InChI is InChI=1S/C17H19F2NS/c1-2-8-20-11-13-4-3-5-15(9-13)21-12-14-6-7-16(18)17(19)10-14/h3-7,9-10,20H,2,8,11-12H2,1H3. The van der Waals surface area contributed by atoms with Crippen LogP contribution in [0.15, 0.2) is 47.4 Å². The van der Waals surface area contributed by atoms with E-state index >= 15 is 0 Å². The van der Waals surface area contributed by atoms with Gasteiger partial charge in [-0.25, -0.2) is 8.78 Å². The highest BCUT2D eigenvalue weighted by molar-refractivity contribution is 7.98. The van der Waals surface area contributed by atoms with Crippen LogP contribution in [0.1, 0.15) is 24.5 Å². The van der Waals surface area contributed by atoms with E-state index in [-0.39, 0.29) is 0 Å². The van der Waals surface area contributed by atoms with Gasteiger partial charge in [0.15, 0.2) is 11.6 Å². The van der Waals surface area contributed by atoms with Gasteiger partial charge in [-0.1, -0.05) is 25.1 Å². The van der Waals surface area contributed by atoms with Crippen LogP contribution in [0.2, 0.25) is 0 Å². The van der Waals surface area contributed by atoms with Crippen LogP contribution in [0.4, 0.5) is 8.78 Å². The molecule has 0 bridgehead atoms. The van der Waals surface area contributed by atoms with E-state index in [2.05, 4.69) is 24.4 Å². The molecule has 0 spiro atoms. The molecule has 2 aromatic rings. The fraction of sp³-hybridized carbons (Fsp3) is 0.294. The van der Waals surface area contributed by atoms with Crippen molar-refractivity contribution in [1.29, 1.82) is 0 Å². The Balaban J connectivity index is 1.93. The summed E-state index contributed by atoms with van der Waals surface area (Å²) in [5.41, 5.74) is 2.02. The lowest BCUT2D eigenvalue weighted by molar-refractivity contribution is 0.507. The molecule has 2 rings (SSSR count). The molecule has 0 radical (unpaired) electrons. The zero-order chi connectivity index (χ0) is 15.1. The van der Waals surface area contributed by atoms with E-state index in [1.165, 1.54) is 17.7 Å². The van der Waals surface area contributed by atoms with Crippen molar-refractivity contribution in [3.63, 3.8) is 0 Å². The van der Waals surface area contributed by atoms with Crippen molar-refractivity contribution in [3.05, 3.63) is 65.2 Å². The molecule has 0 aliphatic carbocycles. The maximum absolute atomic E-state index is 13.1. The van der Waals surface area contributed by atoms with Crippen molar-refractivity contribution in [2.45, 2.75) is 30.5 Å². The van der Waals surface area contributed by atoms with E-state index in [9.17, 15) is 8.78 Å². The molecular formula is C17H19F2NS. The van der Waals surface area contributed by atoms with E-state index in [0.717, 1.165) is 30.0 Å².